The smallest absolute Gasteiger partial charge is 0.245 e. The van der Waals surface area contributed by atoms with Gasteiger partial charge in [-0.2, -0.15) is 0 Å². The van der Waals surface area contributed by atoms with E-state index in [4.69, 9.17) is 0 Å². The molecule has 1 saturated carbocycles. The molecule has 0 bridgehead atoms. The first-order valence-corrected chi connectivity index (χ1v) is 7.20. The van der Waals surface area contributed by atoms with Crippen molar-refractivity contribution in [1.82, 2.24) is 10.2 Å². The summed E-state index contributed by atoms with van der Waals surface area (Å²) in [6, 6.07) is -0.284. The Labute approximate surface area is 109 Å². The highest BCUT2D eigenvalue weighted by molar-refractivity contribution is 5.94. The Bertz CT molecular complexity index is 330. The minimum atomic E-state index is -0.284. The number of amides is 2. The van der Waals surface area contributed by atoms with Crippen LogP contribution in [-0.4, -0.2) is 35.8 Å². The number of carbonyl (C=O) groups is 2. The summed E-state index contributed by atoms with van der Waals surface area (Å²) >= 11 is 0. The normalized spacial score (nSPS) is 32.8. The molecule has 18 heavy (non-hydrogen) atoms. The fraction of sp³-hybridized carbons (Fsp3) is 0.857. The lowest BCUT2D eigenvalue weighted by Gasteiger charge is -2.34. The zero-order valence-electron chi connectivity index (χ0n) is 11.4. The fourth-order valence-corrected chi connectivity index (χ4v) is 3.19. The number of nitrogens with one attached hydrogen (secondary N) is 1. The summed E-state index contributed by atoms with van der Waals surface area (Å²) in [6.07, 6.45) is 5.40. The molecule has 2 amide bonds. The maximum Gasteiger partial charge on any atom is 0.245 e. The van der Waals surface area contributed by atoms with Crippen molar-refractivity contribution in [2.45, 2.75) is 52.0 Å². The van der Waals surface area contributed by atoms with E-state index in [0.717, 1.165) is 19.4 Å². The number of piperazine rings is 1. The van der Waals surface area contributed by atoms with E-state index in [2.05, 4.69) is 12.2 Å². The Morgan fingerprint density at radius 1 is 1.33 bits per heavy atom. The number of carbonyl (C=O) groups excluding carboxylic acids is 2. The third kappa shape index (κ3) is 2.85. The summed E-state index contributed by atoms with van der Waals surface area (Å²) in [7, 11) is 0. The van der Waals surface area contributed by atoms with Crippen LogP contribution in [0.5, 0.6) is 0 Å². The number of nitrogens with zero attached hydrogens (tertiary/aromatic N) is 1. The van der Waals surface area contributed by atoms with Crippen LogP contribution in [0.2, 0.25) is 0 Å². The van der Waals surface area contributed by atoms with E-state index in [0.29, 0.717) is 11.8 Å². The first-order valence-electron chi connectivity index (χ1n) is 7.20. The van der Waals surface area contributed by atoms with Crippen molar-refractivity contribution >= 4 is 11.8 Å². The minimum Gasteiger partial charge on any atom is -0.343 e. The molecule has 0 aromatic rings. The standard InChI is InChI=1S/C14H24N2O2/c1-3-5-12-14(18)16(9-13(17)15-12)8-11-7-4-6-10(11)2/h10-12H,3-9H2,1-2H3,(H,15,17). The van der Waals surface area contributed by atoms with Crippen LogP contribution in [0.3, 0.4) is 0 Å². The van der Waals surface area contributed by atoms with Crippen molar-refractivity contribution in [3.63, 3.8) is 0 Å². The quantitative estimate of drug-likeness (QED) is 0.825. The highest BCUT2D eigenvalue weighted by Crippen LogP contribution is 2.32. The van der Waals surface area contributed by atoms with E-state index in [1.54, 1.807) is 4.90 Å². The lowest BCUT2D eigenvalue weighted by molar-refractivity contribution is -0.145. The van der Waals surface area contributed by atoms with E-state index >= 15 is 0 Å². The first-order chi connectivity index (χ1) is 8.61. The van der Waals surface area contributed by atoms with E-state index in [-0.39, 0.29) is 24.4 Å². The van der Waals surface area contributed by atoms with Gasteiger partial charge in [0.2, 0.25) is 11.8 Å². The third-order valence-corrected chi connectivity index (χ3v) is 4.35. The van der Waals surface area contributed by atoms with Crippen LogP contribution >= 0.6 is 0 Å². The molecule has 3 unspecified atom stereocenters. The Hall–Kier alpha value is -1.06. The third-order valence-electron chi connectivity index (χ3n) is 4.35. The molecule has 2 rings (SSSR count). The molecular weight excluding hydrogens is 228 g/mol. The summed E-state index contributed by atoms with van der Waals surface area (Å²) in [4.78, 5) is 25.7. The second-order valence-electron chi connectivity index (χ2n) is 5.80. The summed E-state index contributed by atoms with van der Waals surface area (Å²) < 4.78 is 0. The molecule has 0 radical (unpaired) electrons. The van der Waals surface area contributed by atoms with Gasteiger partial charge < -0.3 is 10.2 Å². The molecule has 1 aliphatic carbocycles. The molecule has 4 nitrogen and oxygen atoms in total. The van der Waals surface area contributed by atoms with Crippen LogP contribution in [0.1, 0.15) is 46.0 Å². The Morgan fingerprint density at radius 2 is 2.11 bits per heavy atom. The molecule has 102 valence electrons. The van der Waals surface area contributed by atoms with Crippen molar-refractivity contribution in [1.29, 1.82) is 0 Å². The van der Waals surface area contributed by atoms with Crippen molar-refractivity contribution < 1.29 is 9.59 Å². The predicted octanol–water partition coefficient (Wildman–Crippen LogP) is 1.55. The summed E-state index contributed by atoms with van der Waals surface area (Å²) in [6.45, 7) is 5.32. The van der Waals surface area contributed by atoms with Gasteiger partial charge in [0.15, 0.2) is 0 Å². The van der Waals surface area contributed by atoms with Crippen LogP contribution in [0, 0.1) is 11.8 Å². The largest absolute Gasteiger partial charge is 0.343 e. The first kappa shape index (κ1) is 13.4. The number of hydrogen-bond acceptors (Lipinski definition) is 2. The average molecular weight is 252 g/mol. The molecule has 3 atom stereocenters. The summed E-state index contributed by atoms with van der Waals surface area (Å²) in [5.41, 5.74) is 0. The Morgan fingerprint density at radius 3 is 2.72 bits per heavy atom. The molecule has 1 saturated heterocycles. The molecule has 1 heterocycles. The van der Waals surface area contributed by atoms with Gasteiger partial charge in [-0.15, -0.1) is 0 Å². The van der Waals surface area contributed by atoms with Crippen molar-refractivity contribution in [3.8, 4) is 0 Å². The van der Waals surface area contributed by atoms with Gasteiger partial charge in [0.05, 0.1) is 6.54 Å². The van der Waals surface area contributed by atoms with Gasteiger partial charge in [0.25, 0.3) is 0 Å². The SMILES string of the molecule is CCCC1NC(=O)CN(CC2CCCC2C)C1=O. The van der Waals surface area contributed by atoms with E-state index in [1.165, 1.54) is 19.3 Å². The van der Waals surface area contributed by atoms with Gasteiger partial charge >= 0.3 is 0 Å². The van der Waals surface area contributed by atoms with Crippen LogP contribution in [0.25, 0.3) is 0 Å². The molecular formula is C14H24N2O2. The summed E-state index contributed by atoms with van der Waals surface area (Å²) in [5.74, 6) is 1.39. The Kier molecular flexibility index (Phi) is 4.25. The topological polar surface area (TPSA) is 49.4 Å². The number of rotatable bonds is 4. The van der Waals surface area contributed by atoms with Crippen LogP contribution < -0.4 is 5.32 Å². The van der Waals surface area contributed by atoms with E-state index in [1.807, 2.05) is 6.92 Å². The molecule has 1 aliphatic heterocycles. The van der Waals surface area contributed by atoms with E-state index < -0.39 is 0 Å². The van der Waals surface area contributed by atoms with Gasteiger partial charge in [-0.25, -0.2) is 0 Å². The second-order valence-corrected chi connectivity index (χ2v) is 5.80. The fourth-order valence-electron chi connectivity index (χ4n) is 3.19. The molecule has 0 aromatic carbocycles. The van der Waals surface area contributed by atoms with Gasteiger partial charge in [-0.1, -0.05) is 33.1 Å². The minimum absolute atomic E-state index is 0.00120. The van der Waals surface area contributed by atoms with Crippen molar-refractivity contribution in [2.24, 2.45) is 11.8 Å². The average Bonchev–Trinajstić information content (AvgIpc) is 2.71. The number of hydrogen-bond donors (Lipinski definition) is 1. The lowest BCUT2D eigenvalue weighted by Crippen LogP contribution is -2.58. The van der Waals surface area contributed by atoms with Gasteiger partial charge in [0.1, 0.15) is 6.04 Å². The maximum absolute atomic E-state index is 12.3. The molecule has 2 aliphatic rings. The molecule has 4 heteroatoms. The maximum atomic E-state index is 12.3. The molecule has 1 N–H and O–H groups in total. The van der Waals surface area contributed by atoms with Gasteiger partial charge in [0, 0.05) is 6.54 Å². The van der Waals surface area contributed by atoms with Crippen LogP contribution in [0.15, 0.2) is 0 Å². The lowest BCUT2D eigenvalue weighted by atomic mass is 9.96. The second kappa shape index (κ2) is 5.72. The van der Waals surface area contributed by atoms with Gasteiger partial charge in [-0.3, -0.25) is 9.59 Å². The van der Waals surface area contributed by atoms with E-state index in [9.17, 15) is 9.59 Å². The Balaban J connectivity index is 1.97. The predicted molar refractivity (Wildman–Crippen MR) is 69.9 cm³/mol. The van der Waals surface area contributed by atoms with Gasteiger partial charge in [-0.05, 0) is 24.7 Å². The highest BCUT2D eigenvalue weighted by Gasteiger charge is 2.35. The van der Waals surface area contributed by atoms with Crippen molar-refractivity contribution in [3.05, 3.63) is 0 Å². The molecule has 0 aromatic heterocycles. The summed E-state index contributed by atoms with van der Waals surface area (Å²) in [5, 5.41) is 2.80. The molecule has 0 spiro atoms. The van der Waals surface area contributed by atoms with Crippen LogP contribution in [0.4, 0.5) is 0 Å². The molecule has 2 fully saturated rings. The zero-order chi connectivity index (χ0) is 13.1. The van der Waals surface area contributed by atoms with Crippen molar-refractivity contribution in [2.75, 3.05) is 13.1 Å². The zero-order valence-corrected chi connectivity index (χ0v) is 11.4. The monoisotopic (exact) mass is 252 g/mol. The highest BCUT2D eigenvalue weighted by atomic mass is 16.2. The van der Waals surface area contributed by atoms with Crippen LogP contribution in [-0.2, 0) is 9.59 Å².